The molecule has 1 aromatic heterocycles. The number of aliphatic hydroxyl groups is 1. The lowest BCUT2D eigenvalue weighted by molar-refractivity contribution is -0.129. The Morgan fingerprint density at radius 2 is 1.73 bits per heavy atom. The fourth-order valence-electron chi connectivity index (χ4n) is 5.14. The number of fused-ring (bicyclic) bond motifs is 1. The number of para-hydroxylation sites is 1. The minimum absolute atomic E-state index is 0.0349. The molecule has 194 valence electrons. The van der Waals surface area contributed by atoms with Gasteiger partial charge in [0.1, 0.15) is 5.58 Å². The molecule has 1 atom stereocenters. The first-order chi connectivity index (χ1) is 17.7. The van der Waals surface area contributed by atoms with Gasteiger partial charge in [-0.25, -0.2) is 0 Å². The van der Waals surface area contributed by atoms with E-state index in [1.54, 1.807) is 17.0 Å². The largest absolute Gasteiger partial charge is 0.503 e. The van der Waals surface area contributed by atoms with Crippen LogP contribution in [0.5, 0.6) is 0 Å². The van der Waals surface area contributed by atoms with Gasteiger partial charge in [0.2, 0.25) is 5.78 Å². The highest BCUT2D eigenvalue weighted by Crippen LogP contribution is 2.40. The maximum Gasteiger partial charge on any atom is 0.290 e. The number of Topliss-reactive ketones (excluding diaryl/α,β-unsaturated/α-hetero) is 1. The quantitative estimate of drug-likeness (QED) is 0.456. The zero-order valence-electron chi connectivity index (χ0n) is 21.7. The first-order valence-electron chi connectivity index (χ1n) is 12.9. The van der Waals surface area contributed by atoms with E-state index in [-0.39, 0.29) is 16.7 Å². The van der Waals surface area contributed by atoms with Gasteiger partial charge in [0.05, 0.1) is 24.8 Å². The Morgan fingerprint density at radius 3 is 2.41 bits per heavy atom. The highest BCUT2D eigenvalue weighted by molar-refractivity contribution is 6.16. The van der Waals surface area contributed by atoms with E-state index >= 15 is 0 Å². The van der Waals surface area contributed by atoms with Crippen molar-refractivity contribution in [3.8, 4) is 0 Å². The molecule has 1 saturated heterocycles. The van der Waals surface area contributed by atoms with Gasteiger partial charge < -0.3 is 19.2 Å². The Kier molecular flexibility index (Phi) is 6.92. The first kappa shape index (κ1) is 25.2. The number of hydrogen-bond acceptors (Lipinski definition) is 6. The summed E-state index contributed by atoms with van der Waals surface area (Å²) < 4.78 is 11.3. The van der Waals surface area contributed by atoms with E-state index in [2.05, 4.69) is 25.7 Å². The van der Waals surface area contributed by atoms with Crippen LogP contribution in [0.2, 0.25) is 0 Å². The minimum Gasteiger partial charge on any atom is -0.503 e. The Morgan fingerprint density at radius 1 is 1.03 bits per heavy atom. The van der Waals surface area contributed by atoms with Gasteiger partial charge >= 0.3 is 0 Å². The van der Waals surface area contributed by atoms with Gasteiger partial charge in [-0.2, -0.15) is 0 Å². The lowest BCUT2D eigenvalue weighted by Gasteiger charge is -2.30. The van der Waals surface area contributed by atoms with Crippen LogP contribution < -0.4 is 0 Å². The molecule has 3 heterocycles. The van der Waals surface area contributed by atoms with Crippen molar-refractivity contribution in [2.45, 2.75) is 38.6 Å². The van der Waals surface area contributed by atoms with Crippen molar-refractivity contribution in [3.63, 3.8) is 0 Å². The van der Waals surface area contributed by atoms with Crippen molar-refractivity contribution < 1.29 is 23.8 Å². The van der Waals surface area contributed by atoms with Gasteiger partial charge in [0.25, 0.3) is 5.91 Å². The lowest BCUT2D eigenvalue weighted by Crippen LogP contribution is -2.39. The van der Waals surface area contributed by atoms with Crippen molar-refractivity contribution in [1.82, 2.24) is 9.80 Å². The zero-order chi connectivity index (χ0) is 26.2. The van der Waals surface area contributed by atoms with Crippen LogP contribution in [0.15, 0.2) is 70.3 Å². The summed E-state index contributed by atoms with van der Waals surface area (Å²) in [5.74, 6) is -1.38. The van der Waals surface area contributed by atoms with Crippen molar-refractivity contribution in [1.29, 1.82) is 0 Å². The molecule has 37 heavy (non-hydrogen) atoms. The van der Waals surface area contributed by atoms with E-state index in [0.29, 0.717) is 25.3 Å². The summed E-state index contributed by atoms with van der Waals surface area (Å²) in [6.45, 7) is 10.8. The first-order valence-corrected chi connectivity index (χ1v) is 12.9. The van der Waals surface area contributed by atoms with Crippen LogP contribution in [0.1, 0.15) is 54.9 Å². The van der Waals surface area contributed by atoms with Gasteiger partial charge in [-0.1, -0.05) is 63.2 Å². The Bertz CT molecular complexity index is 1290. The molecule has 3 aromatic rings. The van der Waals surface area contributed by atoms with Crippen LogP contribution in [0.4, 0.5) is 0 Å². The molecular weight excluding hydrogens is 468 g/mol. The van der Waals surface area contributed by atoms with Gasteiger partial charge in [0, 0.05) is 31.6 Å². The minimum atomic E-state index is -0.688. The normalized spacial score (nSPS) is 19.3. The average molecular weight is 503 g/mol. The molecule has 2 aliphatic heterocycles. The highest BCUT2D eigenvalue weighted by Gasteiger charge is 2.44. The molecule has 0 saturated carbocycles. The van der Waals surface area contributed by atoms with E-state index in [4.69, 9.17) is 9.15 Å². The van der Waals surface area contributed by atoms with E-state index in [1.807, 2.05) is 42.5 Å². The molecular formula is C30H34N2O5. The Balaban J connectivity index is 1.47. The van der Waals surface area contributed by atoms with Crippen molar-refractivity contribution in [2.75, 3.05) is 39.4 Å². The summed E-state index contributed by atoms with van der Waals surface area (Å²) in [5, 5.41) is 11.8. The van der Waals surface area contributed by atoms with Crippen molar-refractivity contribution >= 4 is 22.7 Å². The van der Waals surface area contributed by atoms with Crippen molar-refractivity contribution in [2.24, 2.45) is 0 Å². The van der Waals surface area contributed by atoms with Crippen LogP contribution in [0, 0.1) is 0 Å². The number of carbonyl (C=O) groups is 2. The van der Waals surface area contributed by atoms with Crippen molar-refractivity contribution in [3.05, 3.63) is 82.8 Å². The van der Waals surface area contributed by atoms with Crippen LogP contribution >= 0.6 is 0 Å². The molecule has 7 heteroatoms. The fourth-order valence-corrected chi connectivity index (χ4v) is 5.14. The average Bonchev–Trinajstić information content (AvgIpc) is 3.43. The summed E-state index contributed by atoms with van der Waals surface area (Å²) in [4.78, 5) is 31.0. The molecule has 7 nitrogen and oxygen atoms in total. The molecule has 0 unspecified atom stereocenters. The Hall–Kier alpha value is -3.42. The third-order valence-corrected chi connectivity index (χ3v) is 7.27. The third-order valence-electron chi connectivity index (χ3n) is 7.27. The number of rotatable bonds is 7. The second-order valence-electron chi connectivity index (χ2n) is 10.8. The number of hydrogen-bond donors (Lipinski definition) is 1. The number of aliphatic hydroxyl groups excluding tert-OH is 1. The molecule has 1 N–H and O–H groups in total. The predicted molar refractivity (Wildman–Crippen MR) is 142 cm³/mol. The maximum atomic E-state index is 13.7. The summed E-state index contributed by atoms with van der Waals surface area (Å²) in [5.41, 5.74) is 2.56. The molecule has 0 aliphatic carbocycles. The predicted octanol–water partition coefficient (Wildman–Crippen LogP) is 5.03. The van der Waals surface area contributed by atoms with E-state index < -0.39 is 23.5 Å². The summed E-state index contributed by atoms with van der Waals surface area (Å²) in [6.07, 6.45) is 0.724. The summed E-state index contributed by atoms with van der Waals surface area (Å²) in [7, 11) is 0. The summed E-state index contributed by atoms with van der Waals surface area (Å²) in [6, 6.07) is 16.3. The number of nitrogens with zero attached hydrogens (tertiary/aromatic N) is 2. The van der Waals surface area contributed by atoms with Gasteiger partial charge in [-0.15, -0.1) is 0 Å². The second-order valence-corrected chi connectivity index (χ2v) is 10.8. The number of morpholine rings is 1. The van der Waals surface area contributed by atoms with Crippen LogP contribution in [-0.4, -0.2) is 66.0 Å². The lowest BCUT2D eigenvalue weighted by atomic mass is 9.85. The SMILES string of the molecule is CC(C)(C)c1ccc([C@H]2C(C(=O)c3cc4ccccc4o3)=C(O)C(=O)N2CCCN2CCOCC2)cc1. The third kappa shape index (κ3) is 5.06. The maximum absolute atomic E-state index is 13.7. The van der Waals surface area contributed by atoms with Crippen LogP contribution in [0.3, 0.4) is 0 Å². The number of amides is 1. The topological polar surface area (TPSA) is 83.2 Å². The molecule has 2 aliphatic rings. The smallest absolute Gasteiger partial charge is 0.290 e. The molecule has 1 amide bonds. The monoisotopic (exact) mass is 502 g/mol. The molecule has 0 bridgehead atoms. The van der Waals surface area contributed by atoms with Crippen LogP contribution in [0.25, 0.3) is 11.0 Å². The molecule has 0 radical (unpaired) electrons. The number of carbonyl (C=O) groups excluding carboxylic acids is 2. The standard InChI is InChI=1S/C30H34N2O5/c1-30(2,3)22-11-9-20(10-12-22)26-25(27(33)24-19-21-7-4-5-8-23(21)37-24)28(34)29(35)32(26)14-6-13-31-15-17-36-18-16-31/h4-5,7-12,19,26,34H,6,13-18H2,1-3H3/t26-/m0/s1. The number of ketones is 1. The van der Waals surface area contributed by atoms with E-state index in [9.17, 15) is 14.7 Å². The number of ether oxygens (including phenoxy) is 1. The van der Waals surface area contributed by atoms with E-state index in [1.165, 1.54) is 0 Å². The van der Waals surface area contributed by atoms with Gasteiger partial charge in [-0.05, 0) is 35.1 Å². The van der Waals surface area contributed by atoms with E-state index in [0.717, 1.165) is 42.6 Å². The fraction of sp³-hybridized carbons (Fsp3) is 0.400. The van der Waals surface area contributed by atoms with Gasteiger partial charge in [0.15, 0.2) is 11.5 Å². The zero-order valence-corrected chi connectivity index (χ0v) is 21.7. The number of benzene rings is 2. The van der Waals surface area contributed by atoms with Crippen LogP contribution in [-0.2, 0) is 14.9 Å². The Labute approximate surface area is 217 Å². The van der Waals surface area contributed by atoms with Gasteiger partial charge in [-0.3, -0.25) is 14.5 Å². The molecule has 0 spiro atoms. The highest BCUT2D eigenvalue weighted by atomic mass is 16.5. The molecule has 5 rings (SSSR count). The number of furan rings is 1. The molecule has 2 aromatic carbocycles. The molecule has 1 fully saturated rings. The summed E-state index contributed by atoms with van der Waals surface area (Å²) >= 11 is 0. The second kappa shape index (κ2) is 10.1.